The lowest BCUT2D eigenvalue weighted by Crippen LogP contribution is -1.89. The largest absolute Gasteiger partial charge is 0.462 e. The number of aromatic amines is 1. The molecule has 20 heavy (non-hydrogen) atoms. The van der Waals surface area contributed by atoms with Crippen LogP contribution in [0, 0.1) is 0 Å². The van der Waals surface area contributed by atoms with E-state index in [4.69, 9.17) is 4.42 Å². The van der Waals surface area contributed by atoms with Crippen molar-refractivity contribution in [2.45, 2.75) is 30.7 Å². The summed E-state index contributed by atoms with van der Waals surface area (Å²) in [6, 6.07) is 3.78. The van der Waals surface area contributed by atoms with Gasteiger partial charge in [0, 0.05) is 17.1 Å². The Hall–Kier alpha value is -1.60. The molecule has 0 aromatic carbocycles. The summed E-state index contributed by atoms with van der Waals surface area (Å²) in [6.45, 7) is 4.18. The number of nitrogens with zero attached hydrogens (tertiary/aromatic N) is 3. The van der Waals surface area contributed by atoms with Crippen LogP contribution < -0.4 is 0 Å². The number of nitrogens with one attached hydrogen (secondary N) is 1. The third-order valence-electron chi connectivity index (χ3n) is 2.66. The molecule has 0 fully saturated rings. The Labute approximate surface area is 124 Å². The summed E-state index contributed by atoms with van der Waals surface area (Å²) in [5, 5.41) is 10.9. The number of hydrogen-bond donors (Lipinski definition) is 1. The third-order valence-corrected chi connectivity index (χ3v) is 4.45. The van der Waals surface area contributed by atoms with Crippen LogP contribution in [0.3, 0.4) is 0 Å². The first-order chi connectivity index (χ1) is 9.72. The number of hydrogen-bond acceptors (Lipinski definition) is 6. The van der Waals surface area contributed by atoms with E-state index in [-0.39, 0.29) is 0 Å². The van der Waals surface area contributed by atoms with Crippen LogP contribution in [0.2, 0.25) is 0 Å². The molecule has 0 aliphatic rings. The van der Waals surface area contributed by atoms with Crippen LogP contribution >= 0.6 is 23.1 Å². The summed E-state index contributed by atoms with van der Waals surface area (Å²) in [5.74, 6) is 2.85. The van der Waals surface area contributed by atoms with E-state index < -0.39 is 0 Å². The highest BCUT2D eigenvalue weighted by molar-refractivity contribution is 7.98. The van der Waals surface area contributed by atoms with Crippen molar-refractivity contribution in [3.05, 3.63) is 35.3 Å². The van der Waals surface area contributed by atoms with Crippen molar-refractivity contribution in [3.63, 3.8) is 0 Å². The zero-order valence-corrected chi connectivity index (χ0v) is 12.8. The fraction of sp³-hybridized carbons (Fsp3) is 0.308. The van der Waals surface area contributed by atoms with Gasteiger partial charge in [0.25, 0.3) is 0 Å². The first-order valence-electron chi connectivity index (χ1n) is 6.26. The molecule has 0 amide bonds. The predicted octanol–water partition coefficient (Wildman–Crippen LogP) is 3.94. The molecule has 1 N–H and O–H groups in total. The standard InChI is InChI=1S/C13H14N4OS2/c1-8(2)11-15-13(17-16-11)20-7-9-6-19-12(14-9)10-4-3-5-18-10/h3-6,8H,7H2,1-2H3,(H,15,16,17). The molecule has 0 radical (unpaired) electrons. The Balaban J connectivity index is 1.63. The second kappa shape index (κ2) is 5.80. The van der Waals surface area contributed by atoms with Crippen LogP contribution in [0.25, 0.3) is 10.8 Å². The van der Waals surface area contributed by atoms with Crippen LogP contribution in [-0.2, 0) is 5.75 Å². The molecule has 0 saturated carbocycles. The van der Waals surface area contributed by atoms with Crippen molar-refractivity contribution < 1.29 is 4.42 Å². The number of thiazole rings is 1. The van der Waals surface area contributed by atoms with Crippen molar-refractivity contribution >= 4 is 23.1 Å². The Morgan fingerprint density at radius 3 is 3.00 bits per heavy atom. The molecule has 0 bridgehead atoms. The maximum atomic E-state index is 5.34. The average Bonchev–Trinajstić information content (AvgIpc) is 3.17. The second-order valence-corrected chi connectivity index (χ2v) is 6.37. The molecule has 104 valence electrons. The summed E-state index contributed by atoms with van der Waals surface area (Å²) in [6.07, 6.45) is 1.66. The quantitative estimate of drug-likeness (QED) is 0.723. The Bertz CT molecular complexity index is 672. The number of aromatic nitrogens is 4. The van der Waals surface area contributed by atoms with E-state index in [1.165, 1.54) is 0 Å². The molecule has 3 aromatic rings. The fourth-order valence-corrected chi connectivity index (χ4v) is 3.20. The Morgan fingerprint density at radius 1 is 1.40 bits per heavy atom. The molecule has 3 rings (SSSR count). The summed E-state index contributed by atoms with van der Waals surface area (Å²) < 4.78 is 5.34. The van der Waals surface area contributed by atoms with Gasteiger partial charge in [-0.2, -0.15) is 0 Å². The number of H-pyrrole nitrogens is 1. The summed E-state index contributed by atoms with van der Waals surface area (Å²) in [7, 11) is 0. The van der Waals surface area contributed by atoms with E-state index in [1.807, 2.05) is 17.5 Å². The van der Waals surface area contributed by atoms with Gasteiger partial charge in [-0.25, -0.2) is 9.97 Å². The van der Waals surface area contributed by atoms with E-state index in [9.17, 15) is 0 Å². The van der Waals surface area contributed by atoms with Crippen LogP contribution in [0.5, 0.6) is 0 Å². The minimum atomic E-state index is 0.363. The highest BCUT2D eigenvalue weighted by Gasteiger charge is 2.10. The minimum absolute atomic E-state index is 0.363. The fourth-order valence-electron chi connectivity index (χ4n) is 1.61. The maximum Gasteiger partial charge on any atom is 0.208 e. The average molecular weight is 306 g/mol. The molecule has 0 unspecified atom stereocenters. The van der Waals surface area contributed by atoms with E-state index >= 15 is 0 Å². The first-order valence-corrected chi connectivity index (χ1v) is 8.12. The van der Waals surface area contributed by atoms with Crippen molar-refractivity contribution in [1.29, 1.82) is 0 Å². The number of rotatable bonds is 5. The van der Waals surface area contributed by atoms with Gasteiger partial charge in [-0.1, -0.05) is 25.6 Å². The van der Waals surface area contributed by atoms with Crippen molar-refractivity contribution in [2.75, 3.05) is 0 Å². The molecule has 0 spiro atoms. The highest BCUT2D eigenvalue weighted by Crippen LogP contribution is 2.27. The van der Waals surface area contributed by atoms with Gasteiger partial charge in [-0.15, -0.1) is 16.4 Å². The van der Waals surface area contributed by atoms with E-state index in [2.05, 4.69) is 34.0 Å². The maximum absolute atomic E-state index is 5.34. The second-order valence-electron chi connectivity index (χ2n) is 4.57. The van der Waals surface area contributed by atoms with Gasteiger partial charge in [-0.05, 0) is 12.1 Å². The summed E-state index contributed by atoms with van der Waals surface area (Å²) in [4.78, 5) is 8.98. The van der Waals surface area contributed by atoms with Gasteiger partial charge >= 0.3 is 0 Å². The SMILES string of the molecule is CC(C)c1nc(SCc2csc(-c3ccco3)n2)n[nH]1. The molecule has 5 nitrogen and oxygen atoms in total. The van der Waals surface area contributed by atoms with Gasteiger partial charge in [0.2, 0.25) is 5.16 Å². The minimum Gasteiger partial charge on any atom is -0.462 e. The lowest BCUT2D eigenvalue weighted by atomic mass is 10.2. The van der Waals surface area contributed by atoms with Crippen LogP contribution in [0.15, 0.2) is 33.3 Å². The molecule has 7 heteroatoms. The van der Waals surface area contributed by atoms with Gasteiger partial charge in [0.15, 0.2) is 10.8 Å². The molecule has 0 atom stereocenters. The first kappa shape index (κ1) is 13.4. The van der Waals surface area contributed by atoms with Crippen LogP contribution in [-0.4, -0.2) is 20.2 Å². The van der Waals surface area contributed by atoms with Crippen molar-refractivity contribution in [3.8, 4) is 10.8 Å². The van der Waals surface area contributed by atoms with Gasteiger partial charge in [0.05, 0.1) is 12.0 Å². The zero-order valence-electron chi connectivity index (χ0n) is 11.2. The topological polar surface area (TPSA) is 67.6 Å². The molecule has 3 aromatic heterocycles. The van der Waals surface area contributed by atoms with E-state index in [0.717, 1.165) is 33.2 Å². The summed E-state index contributed by atoms with van der Waals surface area (Å²) in [5.41, 5.74) is 1.02. The van der Waals surface area contributed by atoms with Gasteiger partial charge < -0.3 is 4.42 Å². The molecular weight excluding hydrogens is 292 g/mol. The van der Waals surface area contributed by atoms with Crippen LogP contribution in [0.1, 0.15) is 31.3 Å². The zero-order chi connectivity index (χ0) is 13.9. The molecule has 3 heterocycles. The van der Waals surface area contributed by atoms with Crippen molar-refractivity contribution in [1.82, 2.24) is 20.2 Å². The third kappa shape index (κ3) is 2.94. The number of furan rings is 1. The monoisotopic (exact) mass is 306 g/mol. The smallest absolute Gasteiger partial charge is 0.208 e. The predicted molar refractivity (Wildman–Crippen MR) is 79.8 cm³/mol. The Morgan fingerprint density at radius 2 is 2.30 bits per heavy atom. The van der Waals surface area contributed by atoms with Gasteiger partial charge in [-0.3, -0.25) is 5.10 Å². The molecule has 0 aliphatic carbocycles. The molecule has 0 aliphatic heterocycles. The van der Waals surface area contributed by atoms with Crippen LogP contribution in [0.4, 0.5) is 0 Å². The summed E-state index contributed by atoms with van der Waals surface area (Å²) >= 11 is 3.17. The molecular formula is C13H14N4OS2. The number of thioether (sulfide) groups is 1. The molecule has 0 saturated heterocycles. The van der Waals surface area contributed by atoms with Crippen molar-refractivity contribution in [2.24, 2.45) is 0 Å². The lowest BCUT2D eigenvalue weighted by Gasteiger charge is -1.95. The Kier molecular flexibility index (Phi) is 3.88. The van der Waals surface area contributed by atoms with Gasteiger partial charge in [0.1, 0.15) is 5.82 Å². The van der Waals surface area contributed by atoms with E-state index in [0.29, 0.717) is 5.92 Å². The lowest BCUT2D eigenvalue weighted by molar-refractivity contribution is 0.581. The highest BCUT2D eigenvalue weighted by atomic mass is 32.2. The van der Waals surface area contributed by atoms with E-state index in [1.54, 1.807) is 29.4 Å². The normalized spacial score (nSPS) is 11.3.